The van der Waals surface area contributed by atoms with Gasteiger partial charge in [-0.05, 0) is 36.8 Å². The van der Waals surface area contributed by atoms with Gasteiger partial charge in [0.25, 0.3) is 0 Å². The van der Waals surface area contributed by atoms with Gasteiger partial charge in [0, 0.05) is 37.2 Å². The summed E-state index contributed by atoms with van der Waals surface area (Å²) >= 11 is 5.55. The van der Waals surface area contributed by atoms with Crippen molar-refractivity contribution in [3.05, 3.63) is 65.1 Å². The second-order valence-electron chi connectivity index (χ2n) is 6.74. The zero-order valence-corrected chi connectivity index (χ0v) is 18.0. The molecule has 0 aliphatic rings. The van der Waals surface area contributed by atoms with Crippen molar-refractivity contribution in [2.45, 2.75) is 12.6 Å². The normalized spacial score (nSPS) is 11.1. The van der Waals surface area contributed by atoms with E-state index in [4.69, 9.17) is 21.4 Å². The second kappa shape index (κ2) is 11.0. The van der Waals surface area contributed by atoms with Crippen LogP contribution >= 0.6 is 11.6 Å². The van der Waals surface area contributed by atoms with E-state index in [9.17, 15) is 22.4 Å². The van der Waals surface area contributed by atoms with Crippen LogP contribution in [0, 0.1) is 5.82 Å². The molecule has 0 atom stereocenters. The SMILES string of the molecule is O=C(Nc1ccc(Cl)c(C(F)(F)F)c1)Nc1ccc(Oc2ccnc(NCCCO)n2)cc1F. The number of urea groups is 1. The predicted molar refractivity (Wildman–Crippen MR) is 118 cm³/mol. The van der Waals surface area contributed by atoms with E-state index in [1.54, 1.807) is 0 Å². The van der Waals surface area contributed by atoms with Crippen molar-refractivity contribution in [1.29, 1.82) is 0 Å². The van der Waals surface area contributed by atoms with E-state index in [1.165, 1.54) is 30.5 Å². The zero-order chi connectivity index (χ0) is 24.7. The monoisotopic (exact) mass is 499 g/mol. The molecule has 0 spiro atoms. The Labute approximate surface area is 195 Å². The number of ether oxygens (including phenoxy) is 1. The van der Waals surface area contributed by atoms with Crippen molar-refractivity contribution in [2.24, 2.45) is 0 Å². The first kappa shape index (κ1) is 25.0. The first-order valence-electron chi connectivity index (χ1n) is 9.75. The maximum atomic E-state index is 14.5. The number of hydrogen-bond acceptors (Lipinski definition) is 6. The molecule has 0 unspecified atom stereocenters. The number of halogens is 5. The van der Waals surface area contributed by atoms with Gasteiger partial charge in [-0.15, -0.1) is 0 Å². The summed E-state index contributed by atoms with van der Waals surface area (Å²) in [4.78, 5) is 20.2. The molecule has 0 bridgehead atoms. The van der Waals surface area contributed by atoms with E-state index in [1.807, 2.05) is 0 Å². The highest BCUT2D eigenvalue weighted by atomic mass is 35.5. The lowest BCUT2D eigenvalue weighted by Crippen LogP contribution is -2.20. The highest BCUT2D eigenvalue weighted by molar-refractivity contribution is 6.31. The van der Waals surface area contributed by atoms with Gasteiger partial charge in [-0.25, -0.2) is 14.2 Å². The van der Waals surface area contributed by atoms with E-state index in [-0.39, 0.29) is 35.6 Å². The van der Waals surface area contributed by atoms with Crippen LogP contribution in [0.3, 0.4) is 0 Å². The molecule has 1 heterocycles. The molecule has 0 fully saturated rings. The third-order valence-corrected chi connectivity index (χ3v) is 4.52. The van der Waals surface area contributed by atoms with E-state index in [0.29, 0.717) is 19.0 Å². The number of hydrogen-bond donors (Lipinski definition) is 4. The fourth-order valence-electron chi connectivity index (χ4n) is 2.65. The van der Waals surface area contributed by atoms with Crippen molar-refractivity contribution in [3.63, 3.8) is 0 Å². The Morgan fingerprint density at radius 3 is 2.62 bits per heavy atom. The maximum Gasteiger partial charge on any atom is 0.417 e. The topological polar surface area (TPSA) is 108 Å². The summed E-state index contributed by atoms with van der Waals surface area (Å²) in [6, 6.07) is 6.92. The molecule has 3 aromatic rings. The summed E-state index contributed by atoms with van der Waals surface area (Å²) in [7, 11) is 0. The fourth-order valence-corrected chi connectivity index (χ4v) is 2.87. The fraction of sp³-hybridized carbons (Fsp3) is 0.190. The first-order chi connectivity index (χ1) is 16.2. The molecule has 34 heavy (non-hydrogen) atoms. The Bertz CT molecular complexity index is 1160. The Hall–Kier alpha value is -3.64. The molecule has 2 aromatic carbocycles. The molecule has 0 aliphatic heterocycles. The van der Waals surface area contributed by atoms with Gasteiger partial charge in [0.15, 0.2) is 0 Å². The van der Waals surface area contributed by atoms with Crippen LogP contribution in [-0.2, 0) is 6.18 Å². The van der Waals surface area contributed by atoms with Crippen LogP contribution in [0.4, 0.5) is 39.7 Å². The molecule has 8 nitrogen and oxygen atoms in total. The number of nitrogens with zero attached hydrogens (tertiary/aromatic N) is 2. The number of alkyl halides is 3. The van der Waals surface area contributed by atoms with Crippen molar-refractivity contribution in [3.8, 4) is 11.6 Å². The Kier molecular flexibility index (Phi) is 8.08. The number of aromatic nitrogens is 2. The number of aliphatic hydroxyl groups is 1. The lowest BCUT2D eigenvalue weighted by atomic mass is 10.2. The molecule has 0 saturated carbocycles. The third-order valence-electron chi connectivity index (χ3n) is 4.19. The number of nitrogens with one attached hydrogen (secondary N) is 3. The minimum absolute atomic E-state index is 0.00910. The molecule has 1 aromatic heterocycles. The summed E-state index contributed by atoms with van der Waals surface area (Å²) in [6.07, 6.45) is -2.77. The van der Waals surface area contributed by atoms with Gasteiger partial charge in [0.05, 0.1) is 16.3 Å². The van der Waals surface area contributed by atoms with Crippen molar-refractivity contribution < 1.29 is 32.2 Å². The van der Waals surface area contributed by atoms with Gasteiger partial charge in [0.1, 0.15) is 11.6 Å². The van der Waals surface area contributed by atoms with Crippen LogP contribution in [0.5, 0.6) is 11.6 Å². The molecule has 180 valence electrons. The molecule has 0 aliphatic carbocycles. The van der Waals surface area contributed by atoms with Gasteiger partial charge in [-0.2, -0.15) is 18.2 Å². The number of benzene rings is 2. The van der Waals surface area contributed by atoms with Gasteiger partial charge in [-0.3, -0.25) is 0 Å². The first-order valence-corrected chi connectivity index (χ1v) is 10.1. The summed E-state index contributed by atoms with van der Waals surface area (Å²) in [5.41, 5.74) is -1.53. The molecule has 4 N–H and O–H groups in total. The van der Waals surface area contributed by atoms with Crippen LogP contribution in [0.2, 0.25) is 5.02 Å². The second-order valence-corrected chi connectivity index (χ2v) is 7.14. The van der Waals surface area contributed by atoms with E-state index in [2.05, 4.69) is 25.9 Å². The van der Waals surface area contributed by atoms with Gasteiger partial charge in [-0.1, -0.05) is 11.6 Å². The van der Waals surface area contributed by atoms with E-state index in [0.717, 1.165) is 12.1 Å². The molecule has 3 rings (SSSR count). The van der Waals surface area contributed by atoms with Crippen LogP contribution < -0.4 is 20.7 Å². The number of amides is 2. The quantitative estimate of drug-likeness (QED) is 0.240. The van der Waals surface area contributed by atoms with Crippen molar-refractivity contribution in [2.75, 3.05) is 29.1 Å². The standard InChI is InChI=1S/C21H18ClF4N5O3/c22-15-4-2-12(10-14(15)21(24,25)26)29-20(33)30-17-5-3-13(11-16(17)23)34-18-6-8-28-19(31-18)27-7-1-9-32/h2-6,8,10-11,32H,1,7,9H2,(H,27,28,31)(H2,29,30,33). The lowest BCUT2D eigenvalue weighted by Gasteiger charge is -2.13. The maximum absolute atomic E-state index is 14.5. The van der Waals surface area contributed by atoms with E-state index >= 15 is 0 Å². The minimum Gasteiger partial charge on any atom is -0.439 e. The average Bonchev–Trinajstić information content (AvgIpc) is 2.77. The van der Waals surface area contributed by atoms with Crippen LogP contribution in [-0.4, -0.2) is 34.3 Å². The minimum atomic E-state index is -4.70. The summed E-state index contributed by atoms with van der Waals surface area (Å²) in [6.45, 7) is 0.458. The largest absolute Gasteiger partial charge is 0.439 e. The zero-order valence-electron chi connectivity index (χ0n) is 17.3. The predicted octanol–water partition coefficient (Wildman–Crippen LogP) is 5.52. The van der Waals surface area contributed by atoms with Crippen molar-refractivity contribution >= 4 is 35.0 Å². The van der Waals surface area contributed by atoms with Gasteiger partial charge in [0.2, 0.25) is 11.8 Å². The molecule has 0 radical (unpaired) electrons. The number of carbonyl (C=O) groups is 1. The number of carbonyl (C=O) groups excluding carboxylic acids is 1. The van der Waals surface area contributed by atoms with Crippen LogP contribution in [0.25, 0.3) is 0 Å². The third kappa shape index (κ3) is 6.93. The molecular weight excluding hydrogens is 482 g/mol. The smallest absolute Gasteiger partial charge is 0.417 e. The summed E-state index contributed by atoms with van der Waals surface area (Å²) in [5.74, 6) is -0.383. The van der Waals surface area contributed by atoms with Crippen LogP contribution in [0.1, 0.15) is 12.0 Å². The molecule has 2 amide bonds. The highest BCUT2D eigenvalue weighted by Crippen LogP contribution is 2.36. The number of aliphatic hydroxyl groups excluding tert-OH is 1. The molecular formula is C21H18ClF4N5O3. The van der Waals surface area contributed by atoms with Crippen LogP contribution in [0.15, 0.2) is 48.7 Å². The Morgan fingerprint density at radius 2 is 1.91 bits per heavy atom. The van der Waals surface area contributed by atoms with Gasteiger partial charge >= 0.3 is 12.2 Å². The highest BCUT2D eigenvalue weighted by Gasteiger charge is 2.33. The lowest BCUT2D eigenvalue weighted by molar-refractivity contribution is -0.137. The van der Waals surface area contributed by atoms with E-state index < -0.39 is 28.6 Å². The number of anilines is 3. The molecule has 13 heteroatoms. The summed E-state index contributed by atoms with van der Waals surface area (Å²) < 4.78 is 58.8. The van der Waals surface area contributed by atoms with Gasteiger partial charge < -0.3 is 25.8 Å². The Morgan fingerprint density at radius 1 is 1.12 bits per heavy atom. The molecule has 0 saturated heterocycles. The Balaban J connectivity index is 1.63. The average molecular weight is 500 g/mol. The summed E-state index contributed by atoms with van der Waals surface area (Å²) in [5, 5.41) is 15.6. The van der Waals surface area contributed by atoms with Crippen molar-refractivity contribution in [1.82, 2.24) is 9.97 Å². The number of rotatable bonds is 8.